The molecule has 1 nitrogen and oxygen atoms in total. The minimum Gasteiger partial charge on any atom is -0.494 e. The fourth-order valence-corrected chi connectivity index (χ4v) is 5.48. The number of hydrogen-bond acceptors (Lipinski definition) is 1. The van der Waals surface area contributed by atoms with Crippen molar-refractivity contribution in [2.24, 2.45) is 17.8 Å². The molecule has 0 aliphatic heterocycles. The number of ether oxygens (including phenoxy) is 1. The molecule has 0 radical (unpaired) electrons. The second-order valence-electron chi connectivity index (χ2n) is 8.39. The molecule has 4 atom stereocenters. The van der Waals surface area contributed by atoms with Gasteiger partial charge in [-0.05, 0) is 72.8 Å². The highest BCUT2D eigenvalue weighted by Crippen LogP contribution is 2.49. The maximum atomic E-state index is 15.2. The summed E-state index contributed by atoms with van der Waals surface area (Å²) in [5, 5.41) is 0.0896. The van der Waals surface area contributed by atoms with Crippen molar-refractivity contribution in [1.29, 1.82) is 0 Å². The van der Waals surface area contributed by atoms with Crippen LogP contribution in [0.4, 0.5) is 13.2 Å². The number of hydrogen-bond donors (Lipinski definition) is 0. The molecule has 4 rings (SSSR count). The third-order valence-electron chi connectivity index (χ3n) is 7.08. The van der Waals surface area contributed by atoms with Crippen molar-refractivity contribution in [1.82, 2.24) is 0 Å². The van der Waals surface area contributed by atoms with E-state index in [4.69, 9.17) is 4.74 Å². The van der Waals surface area contributed by atoms with Gasteiger partial charge in [-0.15, -0.1) is 0 Å². The molecule has 2 aliphatic carbocycles. The first kappa shape index (κ1) is 18.6. The highest BCUT2D eigenvalue weighted by atomic mass is 19.2. The normalized spacial score (nSPS) is 28.2. The SMILES string of the molecule is CCC1CCC2C[C@H](c3ccc4cc(OC)c(F)c(F)c4c3F)CC[C@@H]2C1. The van der Waals surface area contributed by atoms with Crippen LogP contribution in [0.15, 0.2) is 18.2 Å². The van der Waals surface area contributed by atoms with Crippen molar-refractivity contribution in [3.8, 4) is 5.75 Å². The smallest absolute Gasteiger partial charge is 0.201 e. The molecule has 2 aromatic rings. The van der Waals surface area contributed by atoms with Crippen molar-refractivity contribution in [2.75, 3.05) is 7.11 Å². The maximum Gasteiger partial charge on any atom is 0.201 e. The predicted octanol–water partition coefficient (Wildman–Crippen LogP) is 6.98. The molecule has 2 aliphatic rings. The van der Waals surface area contributed by atoms with Crippen molar-refractivity contribution in [3.63, 3.8) is 0 Å². The van der Waals surface area contributed by atoms with Gasteiger partial charge in [-0.3, -0.25) is 0 Å². The van der Waals surface area contributed by atoms with E-state index in [1.54, 1.807) is 12.1 Å². The van der Waals surface area contributed by atoms with Crippen molar-refractivity contribution in [2.45, 2.75) is 57.8 Å². The summed E-state index contributed by atoms with van der Waals surface area (Å²) >= 11 is 0. The number of rotatable bonds is 3. The molecule has 2 aromatic carbocycles. The first-order valence-electron chi connectivity index (χ1n) is 10.2. The molecule has 0 amide bonds. The summed E-state index contributed by atoms with van der Waals surface area (Å²) in [6.07, 6.45) is 8.04. The van der Waals surface area contributed by atoms with E-state index in [-0.39, 0.29) is 17.1 Å². The largest absolute Gasteiger partial charge is 0.494 e. The lowest BCUT2D eigenvalue weighted by Crippen LogP contribution is -2.30. The zero-order valence-corrected chi connectivity index (χ0v) is 16.0. The fourth-order valence-electron chi connectivity index (χ4n) is 5.48. The Morgan fingerprint density at radius 2 is 1.67 bits per heavy atom. The quantitative estimate of drug-likeness (QED) is 0.562. The summed E-state index contributed by atoms with van der Waals surface area (Å²) in [6, 6.07) is 4.82. The summed E-state index contributed by atoms with van der Waals surface area (Å²) in [7, 11) is 1.28. The lowest BCUT2D eigenvalue weighted by Gasteiger charge is -2.42. The van der Waals surface area contributed by atoms with Crippen LogP contribution in [-0.4, -0.2) is 7.11 Å². The van der Waals surface area contributed by atoms with E-state index in [2.05, 4.69) is 6.92 Å². The zero-order valence-electron chi connectivity index (χ0n) is 16.0. The highest BCUT2D eigenvalue weighted by molar-refractivity contribution is 5.86. The molecule has 0 spiro atoms. The second-order valence-corrected chi connectivity index (χ2v) is 8.39. The summed E-state index contributed by atoms with van der Waals surface area (Å²) in [4.78, 5) is 0. The van der Waals surface area contributed by atoms with E-state index in [9.17, 15) is 8.78 Å². The maximum absolute atomic E-state index is 15.2. The highest BCUT2D eigenvalue weighted by Gasteiger charge is 2.36. The Balaban J connectivity index is 1.65. The molecule has 2 unspecified atom stereocenters. The number of benzene rings is 2. The summed E-state index contributed by atoms with van der Waals surface area (Å²) in [5.74, 6) is -0.743. The minimum absolute atomic E-state index is 0.0957. The lowest BCUT2D eigenvalue weighted by molar-refractivity contribution is 0.116. The fraction of sp³-hybridized carbons (Fsp3) is 0.565. The van der Waals surface area contributed by atoms with E-state index >= 15 is 4.39 Å². The molecule has 0 heterocycles. The number of halogens is 3. The molecule has 0 N–H and O–H groups in total. The Kier molecular flexibility index (Phi) is 5.09. The summed E-state index contributed by atoms with van der Waals surface area (Å²) in [6.45, 7) is 2.27. The van der Waals surface area contributed by atoms with Gasteiger partial charge < -0.3 is 4.74 Å². The predicted molar refractivity (Wildman–Crippen MR) is 102 cm³/mol. The summed E-state index contributed by atoms with van der Waals surface area (Å²) < 4.78 is 48.7. The lowest BCUT2D eigenvalue weighted by atomic mass is 9.63. The average Bonchev–Trinajstić information content (AvgIpc) is 2.69. The Morgan fingerprint density at radius 1 is 0.926 bits per heavy atom. The van der Waals surface area contributed by atoms with Crippen LogP contribution in [0.2, 0.25) is 0 Å². The molecule has 0 aromatic heterocycles. The summed E-state index contributed by atoms with van der Waals surface area (Å²) in [5.41, 5.74) is 0.544. The Labute approximate surface area is 158 Å². The van der Waals surface area contributed by atoms with E-state index in [0.29, 0.717) is 16.9 Å². The van der Waals surface area contributed by atoms with Crippen LogP contribution in [-0.2, 0) is 0 Å². The molecule has 146 valence electrons. The second kappa shape index (κ2) is 7.37. The number of fused-ring (bicyclic) bond motifs is 2. The average molecular weight is 376 g/mol. The van der Waals surface area contributed by atoms with Crippen LogP contribution in [0.5, 0.6) is 5.75 Å². The molecule has 0 bridgehead atoms. The van der Waals surface area contributed by atoms with Gasteiger partial charge in [0.1, 0.15) is 5.82 Å². The Hall–Kier alpha value is -1.71. The first-order valence-corrected chi connectivity index (χ1v) is 10.2. The van der Waals surface area contributed by atoms with Crippen molar-refractivity contribution < 1.29 is 17.9 Å². The van der Waals surface area contributed by atoms with Crippen molar-refractivity contribution in [3.05, 3.63) is 41.2 Å². The van der Waals surface area contributed by atoms with Gasteiger partial charge in [-0.1, -0.05) is 31.9 Å². The zero-order chi connectivity index (χ0) is 19.1. The third kappa shape index (κ3) is 3.21. The molecule has 0 saturated heterocycles. The van der Waals surface area contributed by atoms with Gasteiger partial charge in [0.05, 0.1) is 12.5 Å². The van der Waals surface area contributed by atoms with Gasteiger partial charge in [0.15, 0.2) is 11.6 Å². The van der Waals surface area contributed by atoms with E-state index < -0.39 is 17.5 Å². The van der Waals surface area contributed by atoms with E-state index in [1.165, 1.54) is 38.9 Å². The van der Waals surface area contributed by atoms with E-state index in [0.717, 1.165) is 31.1 Å². The van der Waals surface area contributed by atoms with Crippen LogP contribution >= 0.6 is 0 Å². The Bertz CT molecular complexity index is 847. The van der Waals surface area contributed by atoms with Gasteiger partial charge in [-0.25, -0.2) is 8.78 Å². The molecule has 2 fully saturated rings. The van der Waals surface area contributed by atoms with Gasteiger partial charge in [0, 0.05) is 0 Å². The van der Waals surface area contributed by atoms with Crippen LogP contribution in [0.1, 0.15) is 63.4 Å². The molecule has 4 heteroatoms. The molecule has 2 saturated carbocycles. The van der Waals surface area contributed by atoms with Crippen LogP contribution in [0.25, 0.3) is 10.8 Å². The molecular formula is C23H27F3O. The minimum atomic E-state index is -1.15. The van der Waals surface area contributed by atoms with Gasteiger partial charge in [0.2, 0.25) is 5.82 Å². The van der Waals surface area contributed by atoms with Crippen molar-refractivity contribution >= 4 is 10.8 Å². The van der Waals surface area contributed by atoms with E-state index in [1.807, 2.05) is 0 Å². The van der Waals surface area contributed by atoms with Gasteiger partial charge in [0.25, 0.3) is 0 Å². The topological polar surface area (TPSA) is 9.23 Å². The standard InChI is InChI=1S/C23H27F3O/c1-3-13-4-5-15-11-16(7-6-14(15)10-13)18-9-8-17-12-19(27-2)22(25)23(26)20(17)21(18)24/h8-9,12-16H,3-7,10-11H2,1-2H3/t13?,14-,15?,16-/m1/s1. The Morgan fingerprint density at radius 3 is 2.41 bits per heavy atom. The van der Waals surface area contributed by atoms with Crippen LogP contribution < -0.4 is 4.74 Å². The molecule has 27 heavy (non-hydrogen) atoms. The van der Waals surface area contributed by atoms with Gasteiger partial charge >= 0.3 is 0 Å². The monoisotopic (exact) mass is 376 g/mol. The molecular weight excluding hydrogens is 349 g/mol. The number of methoxy groups -OCH3 is 1. The third-order valence-corrected chi connectivity index (χ3v) is 7.08. The first-order chi connectivity index (χ1) is 13.0. The van der Waals surface area contributed by atoms with Gasteiger partial charge in [-0.2, -0.15) is 4.39 Å². The van der Waals surface area contributed by atoms with Crippen LogP contribution in [0, 0.1) is 35.2 Å². The van der Waals surface area contributed by atoms with Crippen LogP contribution in [0.3, 0.4) is 0 Å².